The first-order valence-electron chi connectivity index (χ1n) is 17.8. The molecule has 52 heavy (non-hydrogen) atoms. The molecule has 0 unspecified atom stereocenters. The monoisotopic (exact) mass is 689 g/mol. The maximum absolute atomic E-state index is 14.3. The first kappa shape index (κ1) is 33.0. The minimum atomic E-state index is -0.276. The van der Waals surface area contributed by atoms with Crippen LogP contribution in [0.15, 0.2) is 133 Å². The molecule has 2 amide bonds. The third-order valence-corrected chi connectivity index (χ3v) is 9.86. The van der Waals surface area contributed by atoms with E-state index in [2.05, 4.69) is 12.1 Å². The molecule has 0 saturated carbocycles. The number of carbonyl (C=O) groups excluding carboxylic acids is 2. The molecular formula is C44H39N3O5. The number of nitrogens with zero attached hydrogens (tertiary/aromatic N) is 3. The second kappa shape index (κ2) is 15.0. The number of anilines is 2. The molecule has 5 aromatic carbocycles. The van der Waals surface area contributed by atoms with Crippen LogP contribution in [-0.4, -0.2) is 35.0 Å². The highest BCUT2D eigenvalue weighted by atomic mass is 16.6. The zero-order chi connectivity index (χ0) is 35.3. The number of amides is 2. The van der Waals surface area contributed by atoms with E-state index in [1.54, 1.807) is 11.0 Å². The topological polar surface area (TPSA) is 81.2 Å². The van der Waals surface area contributed by atoms with Gasteiger partial charge in [0.25, 0.3) is 5.91 Å². The van der Waals surface area contributed by atoms with Gasteiger partial charge in [-0.3, -0.25) is 9.69 Å². The highest BCUT2D eigenvalue weighted by Crippen LogP contribution is 2.47. The van der Waals surface area contributed by atoms with Gasteiger partial charge in [-0.2, -0.15) is 4.98 Å². The molecule has 8 nitrogen and oxygen atoms in total. The van der Waals surface area contributed by atoms with E-state index in [4.69, 9.17) is 19.2 Å². The number of likely N-dealkylation sites (tertiary alicyclic amines) is 1. The molecule has 8 rings (SSSR count). The summed E-state index contributed by atoms with van der Waals surface area (Å²) in [5.74, 6) is 0.825. The molecule has 0 N–H and O–H groups in total. The van der Waals surface area contributed by atoms with Crippen LogP contribution in [0.2, 0.25) is 0 Å². The van der Waals surface area contributed by atoms with Crippen LogP contribution in [0.3, 0.4) is 0 Å². The Morgan fingerprint density at radius 3 is 2.04 bits per heavy atom. The summed E-state index contributed by atoms with van der Waals surface area (Å²) in [4.78, 5) is 35.6. The number of rotatable bonds is 10. The molecule has 0 spiro atoms. The summed E-state index contributed by atoms with van der Waals surface area (Å²) in [7, 11) is 0. The van der Waals surface area contributed by atoms with Gasteiger partial charge in [-0.1, -0.05) is 109 Å². The predicted molar refractivity (Wildman–Crippen MR) is 201 cm³/mol. The van der Waals surface area contributed by atoms with Gasteiger partial charge in [0.2, 0.25) is 11.8 Å². The summed E-state index contributed by atoms with van der Waals surface area (Å²) in [6.07, 6.45) is 2.33. The lowest BCUT2D eigenvalue weighted by atomic mass is 9.87. The van der Waals surface area contributed by atoms with Crippen LogP contribution < -0.4 is 14.4 Å². The molecule has 0 bridgehead atoms. The lowest BCUT2D eigenvalue weighted by Crippen LogP contribution is -2.32. The SMILES string of the molecule is O=C(OCc1ccccc1)N1CCC[C@H](c2ccc3c4c(cccc24)N(c2ccc(OCc4ccccc4)nc2OCc2ccccc2)C3=O)CC1. The second-order valence-electron chi connectivity index (χ2n) is 13.2. The maximum atomic E-state index is 14.3. The molecule has 1 saturated heterocycles. The normalized spacial score (nSPS) is 15.4. The first-order valence-corrected chi connectivity index (χ1v) is 17.8. The number of carbonyl (C=O) groups is 2. The zero-order valence-electron chi connectivity index (χ0n) is 28.8. The van der Waals surface area contributed by atoms with Gasteiger partial charge in [0.05, 0.1) is 11.3 Å². The van der Waals surface area contributed by atoms with Crippen molar-refractivity contribution in [3.05, 3.63) is 161 Å². The van der Waals surface area contributed by atoms with E-state index in [0.29, 0.717) is 42.7 Å². The van der Waals surface area contributed by atoms with E-state index in [0.717, 1.165) is 52.4 Å². The fraction of sp³-hybridized carbons (Fsp3) is 0.205. The number of ether oxygens (including phenoxy) is 3. The van der Waals surface area contributed by atoms with E-state index in [1.165, 1.54) is 5.56 Å². The lowest BCUT2D eigenvalue weighted by molar-refractivity contribution is 0.0971. The number of aromatic nitrogens is 1. The van der Waals surface area contributed by atoms with Crippen LogP contribution in [0, 0.1) is 0 Å². The quantitative estimate of drug-likeness (QED) is 0.143. The molecule has 1 fully saturated rings. The van der Waals surface area contributed by atoms with E-state index in [1.807, 2.05) is 120 Å². The van der Waals surface area contributed by atoms with E-state index >= 15 is 0 Å². The Kier molecular flexibility index (Phi) is 9.52. The van der Waals surface area contributed by atoms with Crippen molar-refractivity contribution in [2.24, 2.45) is 0 Å². The Morgan fingerprint density at radius 2 is 1.33 bits per heavy atom. The second-order valence-corrected chi connectivity index (χ2v) is 13.2. The molecule has 0 aliphatic carbocycles. The third-order valence-electron chi connectivity index (χ3n) is 9.86. The van der Waals surface area contributed by atoms with Gasteiger partial charge >= 0.3 is 6.09 Å². The Bertz CT molecular complexity index is 2190. The third kappa shape index (κ3) is 6.92. The molecule has 2 aliphatic rings. The summed E-state index contributed by atoms with van der Waals surface area (Å²) >= 11 is 0. The van der Waals surface area contributed by atoms with Crippen molar-refractivity contribution >= 4 is 34.1 Å². The Morgan fingerprint density at radius 1 is 0.654 bits per heavy atom. The first-order chi connectivity index (χ1) is 25.6. The number of pyridine rings is 1. The fourth-order valence-electron chi connectivity index (χ4n) is 7.23. The smallest absolute Gasteiger partial charge is 0.410 e. The highest BCUT2D eigenvalue weighted by molar-refractivity contribution is 6.28. The van der Waals surface area contributed by atoms with E-state index < -0.39 is 0 Å². The van der Waals surface area contributed by atoms with Crippen molar-refractivity contribution in [1.29, 1.82) is 0 Å². The molecule has 8 heteroatoms. The van der Waals surface area contributed by atoms with Crippen molar-refractivity contribution in [3.8, 4) is 11.8 Å². The zero-order valence-corrected chi connectivity index (χ0v) is 28.8. The van der Waals surface area contributed by atoms with Crippen molar-refractivity contribution in [2.45, 2.75) is 45.0 Å². The maximum Gasteiger partial charge on any atom is 0.410 e. The van der Waals surface area contributed by atoms with Crippen LogP contribution in [0.4, 0.5) is 16.2 Å². The summed E-state index contributed by atoms with van der Waals surface area (Å²) < 4.78 is 18.1. The molecular weight excluding hydrogens is 651 g/mol. The molecule has 3 heterocycles. The van der Waals surface area contributed by atoms with Gasteiger partial charge in [-0.25, -0.2) is 4.79 Å². The molecule has 2 aliphatic heterocycles. The average Bonchev–Trinajstić information content (AvgIpc) is 3.32. The van der Waals surface area contributed by atoms with Gasteiger partial charge in [0.15, 0.2) is 0 Å². The van der Waals surface area contributed by atoms with Crippen LogP contribution in [0.1, 0.15) is 57.8 Å². The Hall–Kier alpha value is -6.15. The lowest BCUT2D eigenvalue weighted by Gasteiger charge is -2.22. The minimum absolute atomic E-state index is 0.129. The van der Waals surface area contributed by atoms with Crippen LogP contribution in [0.25, 0.3) is 10.8 Å². The van der Waals surface area contributed by atoms with Gasteiger partial charge in [-0.15, -0.1) is 0 Å². The molecule has 0 radical (unpaired) electrons. The predicted octanol–water partition coefficient (Wildman–Crippen LogP) is 9.59. The Labute approximate surface area is 303 Å². The summed E-state index contributed by atoms with van der Waals surface area (Å²) in [6.45, 7) is 2.16. The molecule has 260 valence electrons. The van der Waals surface area contributed by atoms with Gasteiger partial charge in [-0.05, 0) is 71.0 Å². The largest absolute Gasteiger partial charge is 0.473 e. The van der Waals surface area contributed by atoms with Gasteiger partial charge in [0.1, 0.15) is 25.5 Å². The average molecular weight is 690 g/mol. The minimum Gasteiger partial charge on any atom is -0.473 e. The van der Waals surface area contributed by atoms with Crippen LogP contribution in [0.5, 0.6) is 11.8 Å². The van der Waals surface area contributed by atoms with Crippen LogP contribution >= 0.6 is 0 Å². The molecule has 1 atom stereocenters. The summed E-state index contributed by atoms with van der Waals surface area (Å²) in [5, 5.41) is 1.98. The van der Waals surface area contributed by atoms with Crippen LogP contribution in [-0.2, 0) is 24.6 Å². The number of hydrogen-bond donors (Lipinski definition) is 0. The van der Waals surface area contributed by atoms with Crippen molar-refractivity contribution in [1.82, 2.24) is 9.88 Å². The summed E-state index contributed by atoms with van der Waals surface area (Å²) in [5.41, 5.74) is 6.17. The molecule has 1 aromatic heterocycles. The van der Waals surface area contributed by atoms with Crippen molar-refractivity contribution in [3.63, 3.8) is 0 Å². The standard InChI is InChI=1S/C44H39N3O5/c48-43-37-22-21-35(34-18-11-26-46(27-25-34)44(49)52-30-33-16-8-3-9-17-33)36-19-10-20-38(41(36)37)47(43)39-23-24-40(50-28-31-12-4-1-5-13-31)45-42(39)51-29-32-14-6-2-7-15-32/h1-10,12-17,19-24,34H,11,18,25-30H2/t34-/m0/s1. The van der Waals surface area contributed by atoms with E-state index in [-0.39, 0.29) is 31.1 Å². The summed E-state index contributed by atoms with van der Waals surface area (Å²) in [6, 6.07) is 43.4. The van der Waals surface area contributed by atoms with Crippen molar-refractivity contribution in [2.75, 3.05) is 18.0 Å². The number of hydrogen-bond acceptors (Lipinski definition) is 6. The number of benzene rings is 5. The Balaban J connectivity index is 1.06. The van der Waals surface area contributed by atoms with Crippen molar-refractivity contribution < 1.29 is 23.8 Å². The highest BCUT2D eigenvalue weighted by Gasteiger charge is 2.35. The van der Waals surface area contributed by atoms with Gasteiger partial charge in [0, 0.05) is 24.5 Å². The van der Waals surface area contributed by atoms with Gasteiger partial charge < -0.3 is 19.1 Å². The molecule has 6 aromatic rings. The fourth-order valence-corrected chi connectivity index (χ4v) is 7.23. The van der Waals surface area contributed by atoms with E-state index in [9.17, 15) is 9.59 Å².